The van der Waals surface area contributed by atoms with Crippen molar-refractivity contribution >= 4 is 22.7 Å². The Balaban J connectivity index is 1.88. The number of pyridine rings is 1. The van der Waals surface area contributed by atoms with Crippen molar-refractivity contribution in [2.75, 3.05) is 25.5 Å². The topological polar surface area (TPSA) is 74.7 Å². The number of amides is 1. The Labute approximate surface area is 122 Å². The summed E-state index contributed by atoms with van der Waals surface area (Å²) in [5.74, 6) is 0.733. The van der Waals surface area contributed by atoms with Gasteiger partial charge in [-0.25, -0.2) is 4.79 Å². The fraction of sp³-hybridized carbons (Fsp3) is 0.333. The van der Waals surface area contributed by atoms with Crippen molar-refractivity contribution in [2.45, 2.75) is 12.5 Å². The number of fused-ring (bicyclic) bond motifs is 1. The predicted molar refractivity (Wildman–Crippen MR) is 79.9 cm³/mol. The molecule has 0 bridgehead atoms. The van der Waals surface area contributed by atoms with E-state index in [1.807, 2.05) is 24.3 Å². The van der Waals surface area contributed by atoms with Crippen LogP contribution < -0.4 is 10.1 Å². The third-order valence-electron chi connectivity index (χ3n) is 3.75. The maximum Gasteiger partial charge on any atom is 0.407 e. The summed E-state index contributed by atoms with van der Waals surface area (Å²) in [7, 11) is 1.62. The van der Waals surface area contributed by atoms with Crippen molar-refractivity contribution in [1.29, 1.82) is 0 Å². The van der Waals surface area contributed by atoms with Crippen molar-refractivity contribution in [1.82, 2.24) is 9.88 Å². The Kier molecular flexibility index (Phi) is 3.51. The Bertz CT molecular complexity index is 674. The highest BCUT2D eigenvalue weighted by Crippen LogP contribution is 2.29. The molecule has 0 unspecified atom stereocenters. The lowest BCUT2D eigenvalue weighted by Gasteiger charge is -2.17. The first-order valence-electron chi connectivity index (χ1n) is 6.84. The molecule has 1 saturated heterocycles. The minimum absolute atomic E-state index is 0.108. The van der Waals surface area contributed by atoms with E-state index < -0.39 is 6.09 Å². The number of carbonyl (C=O) groups is 1. The Morgan fingerprint density at radius 3 is 3.10 bits per heavy atom. The number of anilines is 1. The second-order valence-corrected chi connectivity index (χ2v) is 5.10. The van der Waals surface area contributed by atoms with Crippen molar-refractivity contribution in [3.63, 3.8) is 0 Å². The van der Waals surface area contributed by atoms with Crippen LogP contribution in [0.25, 0.3) is 10.9 Å². The molecule has 0 saturated carbocycles. The van der Waals surface area contributed by atoms with E-state index in [0.29, 0.717) is 13.1 Å². The molecule has 3 rings (SSSR count). The maximum absolute atomic E-state index is 11.0. The zero-order chi connectivity index (χ0) is 14.8. The lowest BCUT2D eigenvalue weighted by molar-refractivity contribution is 0.155. The molecule has 0 radical (unpaired) electrons. The van der Waals surface area contributed by atoms with Gasteiger partial charge in [0.15, 0.2) is 0 Å². The molecule has 2 heterocycles. The van der Waals surface area contributed by atoms with Gasteiger partial charge in [0, 0.05) is 48.5 Å². The minimum Gasteiger partial charge on any atom is -0.497 e. The molecule has 1 atom stereocenters. The highest BCUT2D eigenvalue weighted by atomic mass is 16.5. The first-order valence-corrected chi connectivity index (χ1v) is 6.84. The van der Waals surface area contributed by atoms with Crippen LogP contribution in [0.4, 0.5) is 10.5 Å². The SMILES string of the molecule is COc1cc(N[C@@H]2CCN(C(=O)O)C2)c2cccnc2c1. The van der Waals surface area contributed by atoms with E-state index in [-0.39, 0.29) is 6.04 Å². The lowest BCUT2D eigenvalue weighted by Crippen LogP contribution is -2.30. The molecule has 0 spiro atoms. The molecule has 21 heavy (non-hydrogen) atoms. The first kappa shape index (κ1) is 13.5. The molecule has 6 heteroatoms. The molecule has 1 aliphatic rings. The summed E-state index contributed by atoms with van der Waals surface area (Å²) in [6.45, 7) is 1.06. The predicted octanol–water partition coefficient (Wildman–Crippen LogP) is 2.41. The van der Waals surface area contributed by atoms with Crippen LogP contribution in [-0.2, 0) is 0 Å². The smallest absolute Gasteiger partial charge is 0.407 e. The molecule has 1 aliphatic heterocycles. The normalized spacial score (nSPS) is 18.0. The highest BCUT2D eigenvalue weighted by molar-refractivity contribution is 5.92. The number of aromatic nitrogens is 1. The van der Waals surface area contributed by atoms with Gasteiger partial charge in [-0.3, -0.25) is 4.98 Å². The molecule has 1 fully saturated rings. The zero-order valence-corrected chi connectivity index (χ0v) is 11.7. The van der Waals surface area contributed by atoms with Crippen LogP contribution in [0.15, 0.2) is 30.5 Å². The molecule has 0 aliphatic carbocycles. The lowest BCUT2D eigenvalue weighted by atomic mass is 10.1. The summed E-state index contributed by atoms with van der Waals surface area (Å²) >= 11 is 0. The fourth-order valence-electron chi connectivity index (χ4n) is 2.67. The van der Waals surface area contributed by atoms with Gasteiger partial charge in [-0.05, 0) is 18.6 Å². The number of methoxy groups -OCH3 is 1. The summed E-state index contributed by atoms with van der Waals surface area (Å²) in [4.78, 5) is 16.8. The third-order valence-corrected chi connectivity index (χ3v) is 3.75. The highest BCUT2D eigenvalue weighted by Gasteiger charge is 2.26. The number of nitrogens with one attached hydrogen (secondary N) is 1. The van der Waals surface area contributed by atoms with Crippen LogP contribution in [0.5, 0.6) is 5.75 Å². The number of nitrogens with zero attached hydrogens (tertiary/aromatic N) is 2. The van der Waals surface area contributed by atoms with Gasteiger partial charge in [0.25, 0.3) is 0 Å². The van der Waals surface area contributed by atoms with E-state index in [4.69, 9.17) is 9.84 Å². The van der Waals surface area contributed by atoms with E-state index in [1.165, 1.54) is 4.90 Å². The summed E-state index contributed by atoms with van der Waals surface area (Å²) < 4.78 is 5.30. The quantitative estimate of drug-likeness (QED) is 0.906. The molecule has 2 aromatic rings. The number of carboxylic acid groups (broad SMARTS) is 1. The first-order chi connectivity index (χ1) is 10.2. The average molecular weight is 287 g/mol. The van der Waals surface area contributed by atoms with Crippen LogP contribution in [0.2, 0.25) is 0 Å². The molecular weight excluding hydrogens is 270 g/mol. The maximum atomic E-state index is 11.0. The second-order valence-electron chi connectivity index (χ2n) is 5.10. The summed E-state index contributed by atoms with van der Waals surface area (Å²) in [6, 6.07) is 7.80. The minimum atomic E-state index is -0.864. The average Bonchev–Trinajstić information content (AvgIpc) is 2.96. The summed E-state index contributed by atoms with van der Waals surface area (Å²) in [5.41, 5.74) is 1.78. The molecule has 1 aromatic heterocycles. The van der Waals surface area contributed by atoms with Gasteiger partial charge in [-0.15, -0.1) is 0 Å². The van der Waals surface area contributed by atoms with E-state index in [2.05, 4.69) is 10.3 Å². The Hall–Kier alpha value is -2.50. The van der Waals surface area contributed by atoms with Crippen LogP contribution in [0.1, 0.15) is 6.42 Å². The number of rotatable bonds is 3. The summed E-state index contributed by atoms with van der Waals surface area (Å²) in [5, 5.41) is 13.4. The molecule has 2 N–H and O–H groups in total. The fourth-order valence-corrected chi connectivity index (χ4v) is 2.67. The zero-order valence-electron chi connectivity index (χ0n) is 11.7. The Morgan fingerprint density at radius 1 is 1.52 bits per heavy atom. The van der Waals surface area contributed by atoms with Crippen molar-refractivity contribution in [2.24, 2.45) is 0 Å². The summed E-state index contributed by atoms with van der Waals surface area (Å²) in [6.07, 6.45) is 1.68. The van der Waals surface area contributed by atoms with Gasteiger partial charge >= 0.3 is 6.09 Å². The Morgan fingerprint density at radius 2 is 2.38 bits per heavy atom. The number of hydrogen-bond donors (Lipinski definition) is 2. The van der Waals surface area contributed by atoms with Crippen molar-refractivity contribution in [3.05, 3.63) is 30.5 Å². The monoisotopic (exact) mass is 287 g/mol. The van der Waals surface area contributed by atoms with E-state index in [0.717, 1.165) is 28.8 Å². The van der Waals surface area contributed by atoms with Gasteiger partial charge in [0.2, 0.25) is 0 Å². The number of hydrogen-bond acceptors (Lipinski definition) is 4. The van der Waals surface area contributed by atoms with E-state index in [1.54, 1.807) is 13.3 Å². The van der Waals surface area contributed by atoms with Gasteiger partial charge in [0.1, 0.15) is 5.75 Å². The molecule has 1 amide bonds. The molecule has 110 valence electrons. The number of likely N-dealkylation sites (tertiary alicyclic amines) is 1. The van der Waals surface area contributed by atoms with Gasteiger partial charge in [0.05, 0.1) is 12.6 Å². The number of ether oxygens (including phenoxy) is 1. The largest absolute Gasteiger partial charge is 0.497 e. The standard InChI is InChI=1S/C15H17N3O3/c1-21-11-7-13-12(3-2-5-16-13)14(8-11)17-10-4-6-18(9-10)15(19)20/h2-3,5,7-8,10,17H,4,6,9H2,1H3,(H,19,20)/t10-/m1/s1. The molecular formula is C15H17N3O3. The van der Waals surface area contributed by atoms with E-state index in [9.17, 15) is 4.79 Å². The van der Waals surface area contributed by atoms with E-state index >= 15 is 0 Å². The van der Waals surface area contributed by atoms with Crippen molar-refractivity contribution in [3.8, 4) is 5.75 Å². The molecule has 6 nitrogen and oxygen atoms in total. The van der Waals surface area contributed by atoms with Crippen molar-refractivity contribution < 1.29 is 14.6 Å². The van der Waals surface area contributed by atoms with Gasteiger partial charge in [-0.2, -0.15) is 0 Å². The van der Waals surface area contributed by atoms with Crippen LogP contribution in [0, 0.1) is 0 Å². The molecule has 1 aromatic carbocycles. The van der Waals surface area contributed by atoms with Crippen LogP contribution >= 0.6 is 0 Å². The third kappa shape index (κ3) is 2.69. The van der Waals surface area contributed by atoms with Crippen LogP contribution in [-0.4, -0.2) is 47.3 Å². The number of benzene rings is 1. The van der Waals surface area contributed by atoms with Gasteiger partial charge in [-0.1, -0.05) is 0 Å². The van der Waals surface area contributed by atoms with Gasteiger partial charge < -0.3 is 20.1 Å². The van der Waals surface area contributed by atoms with Crippen LogP contribution in [0.3, 0.4) is 0 Å². The second kappa shape index (κ2) is 5.47.